The molecule has 1 heterocycles. The summed E-state index contributed by atoms with van der Waals surface area (Å²) in [6.45, 7) is 12.0. The van der Waals surface area contributed by atoms with Gasteiger partial charge in [-0.25, -0.2) is 0 Å². The van der Waals surface area contributed by atoms with Crippen molar-refractivity contribution in [1.29, 1.82) is 0 Å². The zero-order valence-electron chi connectivity index (χ0n) is 13.4. The van der Waals surface area contributed by atoms with Crippen LogP contribution in [-0.2, 0) is 0 Å². The monoisotopic (exact) mass is 267 g/mol. The van der Waals surface area contributed by atoms with Crippen molar-refractivity contribution in [3.05, 3.63) is 0 Å². The Morgan fingerprint density at radius 3 is 2.11 bits per heavy atom. The lowest BCUT2D eigenvalue weighted by atomic mass is 9.99. The average Bonchev–Trinajstić information content (AvgIpc) is 2.62. The van der Waals surface area contributed by atoms with Crippen molar-refractivity contribution in [2.45, 2.75) is 70.5 Å². The molecular formula is C16H33N3. The van der Waals surface area contributed by atoms with E-state index in [9.17, 15) is 0 Å². The molecule has 0 aromatic heterocycles. The van der Waals surface area contributed by atoms with E-state index < -0.39 is 0 Å². The molecule has 1 saturated heterocycles. The highest BCUT2D eigenvalue weighted by atomic mass is 15.3. The van der Waals surface area contributed by atoms with E-state index in [2.05, 4.69) is 42.9 Å². The summed E-state index contributed by atoms with van der Waals surface area (Å²) in [4.78, 5) is 5.39. The Balaban J connectivity index is 1.91. The van der Waals surface area contributed by atoms with E-state index in [0.717, 1.165) is 6.04 Å². The Morgan fingerprint density at radius 1 is 0.895 bits per heavy atom. The standard InChI is InChI=1S/C16H33N3/c1-16(2,3)19-12-10-18(11-13-19)15-9-7-5-6-8-14(15)17-4/h14-15,17H,5-13H2,1-4H3. The Hall–Kier alpha value is -0.120. The number of likely N-dealkylation sites (N-methyl/N-ethyl adjacent to an activating group) is 1. The van der Waals surface area contributed by atoms with E-state index >= 15 is 0 Å². The Labute approximate surface area is 119 Å². The van der Waals surface area contributed by atoms with Crippen LogP contribution in [0.2, 0.25) is 0 Å². The van der Waals surface area contributed by atoms with Gasteiger partial charge in [0.15, 0.2) is 0 Å². The maximum atomic E-state index is 3.58. The van der Waals surface area contributed by atoms with Gasteiger partial charge in [0.2, 0.25) is 0 Å². The minimum Gasteiger partial charge on any atom is -0.315 e. The van der Waals surface area contributed by atoms with Crippen molar-refractivity contribution in [2.75, 3.05) is 33.2 Å². The van der Waals surface area contributed by atoms with Crippen molar-refractivity contribution in [2.24, 2.45) is 0 Å². The zero-order chi connectivity index (χ0) is 13.9. The number of rotatable bonds is 2. The summed E-state index contributed by atoms with van der Waals surface area (Å²) in [5.41, 5.74) is 0.331. The highest BCUT2D eigenvalue weighted by Gasteiger charge is 2.32. The van der Waals surface area contributed by atoms with Crippen LogP contribution in [0.4, 0.5) is 0 Å². The summed E-state index contributed by atoms with van der Waals surface area (Å²) >= 11 is 0. The topological polar surface area (TPSA) is 18.5 Å². The first-order valence-corrected chi connectivity index (χ1v) is 8.19. The van der Waals surface area contributed by atoms with Crippen LogP contribution < -0.4 is 5.32 Å². The summed E-state index contributed by atoms with van der Waals surface area (Å²) < 4.78 is 0. The van der Waals surface area contributed by atoms with Crippen LogP contribution in [-0.4, -0.2) is 60.6 Å². The zero-order valence-corrected chi connectivity index (χ0v) is 13.4. The van der Waals surface area contributed by atoms with Gasteiger partial charge in [0.1, 0.15) is 0 Å². The van der Waals surface area contributed by atoms with Crippen LogP contribution in [0.5, 0.6) is 0 Å². The van der Waals surface area contributed by atoms with Gasteiger partial charge in [0.05, 0.1) is 0 Å². The molecule has 1 N–H and O–H groups in total. The first-order chi connectivity index (χ1) is 9.02. The molecule has 0 bridgehead atoms. The van der Waals surface area contributed by atoms with Gasteiger partial charge < -0.3 is 5.32 Å². The molecule has 1 aliphatic heterocycles. The molecule has 1 aliphatic carbocycles. The number of hydrogen-bond donors (Lipinski definition) is 1. The van der Waals surface area contributed by atoms with Gasteiger partial charge in [-0.05, 0) is 40.7 Å². The van der Waals surface area contributed by atoms with Crippen LogP contribution in [0.3, 0.4) is 0 Å². The molecule has 2 fully saturated rings. The molecule has 3 heteroatoms. The van der Waals surface area contributed by atoms with Crippen molar-refractivity contribution >= 4 is 0 Å². The van der Waals surface area contributed by atoms with Crippen LogP contribution in [0.15, 0.2) is 0 Å². The second-order valence-corrected chi connectivity index (χ2v) is 7.29. The van der Waals surface area contributed by atoms with Gasteiger partial charge in [0.25, 0.3) is 0 Å². The summed E-state index contributed by atoms with van der Waals surface area (Å²) in [6, 6.07) is 1.48. The third-order valence-corrected chi connectivity index (χ3v) is 5.08. The highest BCUT2D eigenvalue weighted by molar-refractivity contribution is 4.90. The molecule has 0 aromatic carbocycles. The summed E-state index contributed by atoms with van der Waals surface area (Å²) in [5.74, 6) is 0. The van der Waals surface area contributed by atoms with Crippen molar-refractivity contribution in [1.82, 2.24) is 15.1 Å². The first kappa shape index (κ1) is 15.3. The molecule has 2 aliphatic rings. The molecule has 19 heavy (non-hydrogen) atoms. The molecule has 2 unspecified atom stereocenters. The van der Waals surface area contributed by atoms with E-state index in [1.54, 1.807) is 0 Å². The van der Waals surface area contributed by atoms with Gasteiger partial charge >= 0.3 is 0 Å². The molecule has 112 valence electrons. The summed E-state index contributed by atoms with van der Waals surface area (Å²) in [7, 11) is 2.15. The number of nitrogens with zero attached hydrogens (tertiary/aromatic N) is 2. The van der Waals surface area contributed by atoms with E-state index in [-0.39, 0.29) is 0 Å². The molecule has 1 saturated carbocycles. The number of hydrogen-bond acceptors (Lipinski definition) is 3. The maximum absolute atomic E-state index is 3.58. The lowest BCUT2D eigenvalue weighted by molar-refractivity contribution is 0.0315. The molecule has 0 radical (unpaired) electrons. The first-order valence-electron chi connectivity index (χ1n) is 8.19. The molecule has 0 spiro atoms. The van der Waals surface area contributed by atoms with Crippen molar-refractivity contribution < 1.29 is 0 Å². The predicted octanol–water partition coefficient (Wildman–Crippen LogP) is 2.32. The average molecular weight is 267 g/mol. The molecule has 0 aromatic rings. The number of piperazine rings is 1. The van der Waals surface area contributed by atoms with Gasteiger partial charge in [-0.3, -0.25) is 9.80 Å². The van der Waals surface area contributed by atoms with Gasteiger partial charge in [-0.1, -0.05) is 19.3 Å². The Bertz CT molecular complexity index is 264. The third kappa shape index (κ3) is 3.93. The van der Waals surface area contributed by atoms with Gasteiger partial charge in [-0.2, -0.15) is 0 Å². The SMILES string of the molecule is CNC1CCCCCC1N1CCN(C(C)(C)C)CC1. The van der Waals surface area contributed by atoms with E-state index in [0.29, 0.717) is 11.6 Å². The Morgan fingerprint density at radius 2 is 1.53 bits per heavy atom. The number of nitrogens with one attached hydrogen (secondary N) is 1. The fourth-order valence-electron chi connectivity index (χ4n) is 3.79. The quantitative estimate of drug-likeness (QED) is 0.775. The van der Waals surface area contributed by atoms with Gasteiger partial charge in [-0.15, -0.1) is 0 Å². The van der Waals surface area contributed by atoms with E-state index in [4.69, 9.17) is 0 Å². The summed E-state index contributed by atoms with van der Waals surface area (Å²) in [6.07, 6.45) is 7.00. The minimum atomic E-state index is 0.331. The van der Waals surface area contributed by atoms with Crippen LogP contribution >= 0.6 is 0 Å². The largest absolute Gasteiger partial charge is 0.315 e. The summed E-state index contributed by atoms with van der Waals surface area (Å²) in [5, 5.41) is 3.58. The molecule has 3 nitrogen and oxygen atoms in total. The lowest BCUT2D eigenvalue weighted by Gasteiger charge is -2.46. The van der Waals surface area contributed by atoms with Crippen LogP contribution in [0.25, 0.3) is 0 Å². The second kappa shape index (κ2) is 6.55. The predicted molar refractivity (Wildman–Crippen MR) is 82.6 cm³/mol. The highest BCUT2D eigenvalue weighted by Crippen LogP contribution is 2.25. The second-order valence-electron chi connectivity index (χ2n) is 7.29. The fourth-order valence-corrected chi connectivity index (χ4v) is 3.79. The van der Waals surface area contributed by atoms with Crippen LogP contribution in [0, 0.1) is 0 Å². The molecule has 0 amide bonds. The van der Waals surface area contributed by atoms with E-state index in [1.165, 1.54) is 58.3 Å². The van der Waals surface area contributed by atoms with Crippen molar-refractivity contribution in [3.8, 4) is 0 Å². The minimum absolute atomic E-state index is 0.331. The normalized spacial score (nSPS) is 32.2. The van der Waals surface area contributed by atoms with Crippen molar-refractivity contribution in [3.63, 3.8) is 0 Å². The Kier molecular flexibility index (Phi) is 5.27. The fraction of sp³-hybridized carbons (Fsp3) is 1.00. The third-order valence-electron chi connectivity index (χ3n) is 5.08. The van der Waals surface area contributed by atoms with Gasteiger partial charge in [0, 0.05) is 43.8 Å². The van der Waals surface area contributed by atoms with Crippen LogP contribution in [0.1, 0.15) is 52.9 Å². The molecular weight excluding hydrogens is 234 g/mol. The lowest BCUT2D eigenvalue weighted by Crippen LogP contribution is -2.58. The molecule has 2 rings (SSSR count). The smallest absolute Gasteiger partial charge is 0.0250 e. The maximum Gasteiger partial charge on any atom is 0.0250 e. The van der Waals surface area contributed by atoms with E-state index in [1.807, 2.05) is 0 Å². The molecule has 2 atom stereocenters.